The van der Waals surface area contributed by atoms with Gasteiger partial charge in [-0.15, -0.1) is 0 Å². The number of nitrogens with zero attached hydrogens (tertiary/aromatic N) is 2. The topological polar surface area (TPSA) is 37.8 Å². The van der Waals surface area contributed by atoms with Gasteiger partial charge >= 0.3 is 0 Å². The van der Waals surface area contributed by atoms with Crippen LogP contribution in [0.3, 0.4) is 0 Å². The van der Waals surface area contributed by atoms with Crippen LogP contribution in [-0.4, -0.2) is 16.5 Å². The second kappa shape index (κ2) is 5.58. The molecule has 0 unspecified atom stereocenters. The van der Waals surface area contributed by atoms with E-state index in [1.807, 2.05) is 6.92 Å². The maximum Gasteiger partial charge on any atom is 0.132 e. The molecule has 0 bridgehead atoms. The predicted molar refractivity (Wildman–Crippen MR) is 70.9 cm³/mol. The molecule has 1 N–H and O–H groups in total. The van der Waals surface area contributed by atoms with Crippen LogP contribution in [0.25, 0.3) is 11.3 Å². The minimum Gasteiger partial charge on any atom is -0.370 e. The highest BCUT2D eigenvalue weighted by atomic mass is 19.1. The summed E-state index contributed by atoms with van der Waals surface area (Å²) >= 11 is 0. The van der Waals surface area contributed by atoms with Crippen molar-refractivity contribution in [3.63, 3.8) is 0 Å². The van der Waals surface area contributed by atoms with Gasteiger partial charge in [-0.3, -0.25) is 0 Å². The Kier molecular flexibility index (Phi) is 3.87. The highest BCUT2D eigenvalue weighted by Gasteiger charge is 2.07. The van der Waals surface area contributed by atoms with Crippen LogP contribution in [0.4, 0.5) is 10.2 Å². The van der Waals surface area contributed by atoms with Crippen molar-refractivity contribution in [1.29, 1.82) is 0 Å². The van der Waals surface area contributed by atoms with E-state index in [4.69, 9.17) is 0 Å². The van der Waals surface area contributed by atoms with Crippen molar-refractivity contribution in [2.75, 3.05) is 11.9 Å². The first-order chi connectivity index (χ1) is 8.70. The van der Waals surface area contributed by atoms with Crippen molar-refractivity contribution in [3.05, 3.63) is 42.0 Å². The van der Waals surface area contributed by atoms with Gasteiger partial charge in [0.15, 0.2) is 0 Å². The van der Waals surface area contributed by atoms with E-state index < -0.39 is 0 Å². The van der Waals surface area contributed by atoms with Gasteiger partial charge in [0, 0.05) is 18.2 Å². The Morgan fingerprint density at radius 3 is 2.83 bits per heavy atom. The third-order valence-corrected chi connectivity index (χ3v) is 2.62. The highest BCUT2D eigenvalue weighted by Crippen LogP contribution is 2.23. The van der Waals surface area contributed by atoms with Gasteiger partial charge in [0.25, 0.3) is 0 Å². The molecule has 3 nitrogen and oxygen atoms in total. The van der Waals surface area contributed by atoms with Crippen molar-refractivity contribution in [2.45, 2.75) is 20.3 Å². The molecule has 0 amide bonds. The summed E-state index contributed by atoms with van der Waals surface area (Å²) in [6.07, 6.45) is 2.47. The van der Waals surface area contributed by atoms with Crippen LogP contribution >= 0.6 is 0 Å². The first-order valence-corrected chi connectivity index (χ1v) is 6.03. The third-order valence-electron chi connectivity index (χ3n) is 2.62. The van der Waals surface area contributed by atoms with E-state index in [-0.39, 0.29) is 5.82 Å². The summed E-state index contributed by atoms with van der Waals surface area (Å²) in [4.78, 5) is 8.24. The molecule has 0 spiro atoms. The first-order valence-electron chi connectivity index (χ1n) is 6.03. The molecule has 0 atom stereocenters. The van der Waals surface area contributed by atoms with Gasteiger partial charge in [-0.25, -0.2) is 14.4 Å². The molecule has 1 aromatic heterocycles. The molecule has 0 radical (unpaired) electrons. The number of hydrogen-bond acceptors (Lipinski definition) is 3. The van der Waals surface area contributed by atoms with Gasteiger partial charge in [0.2, 0.25) is 0 Å². The van der Waals surface area contributed by atoms with Gasteiger partial charge in [0.05, 0.1) is 5.69 Å². The fourth-order valence-corrected chi connectivity index (χ4v) is 1.69. The quantitative estimate of drug-likeness (QED) is 0.897. The molecule has 4 heteroatoms. The summed E-state index contributed by atoms with van der Waals surface area (Å²) < 4.78 is 13.8. The first kappa shape index (κ1) is 12.5. The fourth-order valence-electron chi connectivity index (χ4n) is 1.69. The summed E-state index contributed by atoms with van der Waals surface area (Å²) in [6.45, 7) is 4.85. The van der Waals surface area contributed by atoms with E-state index in [0.29, 0.717) is 11.3 Å². The number of halogens is 1. The van der Waals surface area contributed by atoms with Crippen molar-refractivity contribution < 1.29 is 4.39 Å². The monoisotopic (exact) mass is 245 g/mol. The van der Waals surface area contributed by atoms with Crippen molar-refractivity contribution in [2.24, 2.45) is 0 Å². The number of hydrogen-bond donors (Lipinski definition) is 1. The number of anilines is 1. The fraction of sp³-hybridized carbons (Fsp3) is 0.286. The molecular formula is C14H16FN3. The Hall–Kier alpha value is -1.97. The maximum atomic E-state index is 13.8. The number of aryl methyl sites for hydroxylation is 1. The zero-order chi connectivity index (χ0) is 13.0. The van der Waals surface area contributed by atoms with Crippen LogP contribution in [0.1, 0.15) is 18.9 Å². The maximum absolute atomic E-state index is 13.8. The molecule has 0 saturated carbocycles. The zero-order valence-electron chi connectivity index (χ0n) is 10.6. The van der Waals surface area contributed by atoms with Crippen molar-refractivity contribution in [3.8, 4) is 11.3 Å². The van der Waals surface area contributed by atoms with Gasteiger partial charge < -0.3 is 5.32 Å². The summed E-state index contributed by atoms with van der Waals surface area (Å²) in [5, 5.41) is 3.16. The van der Waals surface area contributed by atoms with E-state index in [9.17, 15) is 4.39 Å². The van der Waals surface area contributed by atoms with E-state index in [2.05, 4.69) is 22.2 Å². The van der Waals surface area contributed by atoms with Crippen molar-refractivity contribution >= 4 is 5.82 Å². The molecule has 0 aliphatic heterocycles. The Balaban J connectivity index is 2.35. The zero-order valence-corrected chi connectivity index (χ0v) is 10.6. The summed E-state index contributed by atoms with van der Waals surface area (Å²) in [6, 6.07) is 6.77. The Bertz CT molecular complexity index is 540. The van der Waals surface area contributed by atoms with E-state index in [1.165, 1.54) is 12.4 Å². The normalized spacial score (nSPS) is 10.4. The average Bonchev–Trinajstić information content (AvgIpc) is 2.39. The van der Waals surface area contributed by atoms with Gasteiger partial charge in [0.1, 0.15) is 18.0 Å². The number of rotatable bonds is 4. The van der Waals surface area contributed by atoms with Crippen molar-refractivity contribution in [1.82, 2.24) is 9.97 Å². The smallest absolute Gasteiger partial charge is 0.132 e. The summed E-state index contributed by atoms with van der Waals surface area (Å²) in [5.41, 5.74) is 2.12. The van der Waals surface area contributed by atoms with Crippen LogP contribution in [0.5, 0.6) is 0 Å². The molecule has 2 rings (SSSR count). The molecular weight excluding hydrogens is 229 g/mol. The minimum absolute atomic E-state index is 0.263. The second-order valence-electron chi connectivity index (χ2n) is 4.20. The van der Waals surface area contributed by atoms with E-state index in [0.717, 1.165) is 24.3 Å². The van der Waals surface area contributed by atoms with Crippen LogP contribution in [0, 0.1) is 12.7 Å². The van der Waals surface area contributed by atoms with Gasteiger partial charge in [-0.2, -0.15) is 0 Å². The van der Waals surface area contributed by atoms with Crippen LogP contribution < -0.4 is 5.32 Å². The third kappa shape index (κ3) is 2.83. The lowest BCUT2D eigenvalue weighted by Gasteiger charge is -2.07. The predicted octanol–water partition coefficient (Wildman–Crippen LogP) is 3.41. The molecule has 0 saturated heterocycles. The molecule has 0 aliphatic carbocycles. The highest BCUT2D eigenvalue weighted by molar-refractivity contribution is 5.63. The lowest BCUT2D eigenvalue weighted by Crippen LogP contribution is -2.02. The Labute approximate surface area is 106 Å². The summed E-state index contributed by atoms with van der Waals surface area (Å²) in [7, 11) is 0. The SMILES string of the molecule is CCCNc1cc(-c2cc(C)ccc2F)ncn1. The van der Waals surface area contributed by atoms with E-state index >= 15 is 0 Å². The largest absolute Gasteiger partial charge is 0.370 e. The standard InChI is InChI=1S/C14H16FN3/c1-3-6-16-14-8-13(17-9-18-14)11-7-10(2)4-5-12(11)15/h4-5,7-9H,3,6H2,1-2H3,(H,16,17,18). The number of benzene rings is 1. The number of nitrogens with one attached hydrogen (secondary N) is 1. The second-order valence-corrected chi connectivity index (χ2v) is 4.20. The molecule has 18 heavy (non-hydrogen) atoms. The summed E-state index contributed by atoms with van der Waals surface area (Å²) in [5.74, 6) is 0.462. The van der Waals surface area contributed by atoms with Crippen LogP contribution in [0.15, 0.2) is 30.6 Å². The molecule has 0 aliphatic rings. The Morgan fingerprint density at radius 1 is 1.22 bits per heavy atom. The van der Waals surface area contributed by atoms with Crippen LogP contribution in [0.2, 0.25) is 0 Å². The van der Waals surface area contributed by atoms with Gasteiger partial charge in [-0.1, -0.05) is 18.6 Å². The van der Waals surface area contributed by atoms with E-state index in [1.54, 1.807) is 18.2 Å². The van der Waals surface area contributed by atoms with Gasteiger partial charge in [-0.05, 0) is 25.5 Å². The molecule has 1 heterocycles. The molecule has 1 aromatic carbocycles. The molecule has 2 aromatic rings. The molecule has 94 valence electrons. The Morgan fingerprint density at radius 2 is 2.06 bits per heavy atom. The lowest BCUT2D eigenvalue weighted by molar-refractivity contribution is 0.630. The lowest BCUT2D eigenvalue weighted by atomic mass is 10.1. The molecule has 0 fully saturated rings. The number of aromatic nitrogens is 2. The van der Waals surface area contributed by atoms with Crippen LogP contribution in [-0.2, 0) is 0 Å². The average molecular weight is 245 g/mol. The minimum atomic E-state index is -0.263.